The Morgan fingerprint density at radius 1 is 0.600 bits per heavy atom. The molecule has 0 fully saturated rings. The number of hydrogen-bond acceptors (Lipinski definition) is 6. The van der Waals surface area contributed by atoms with E-state index in [1.165, 1.54) is 32.6 Å². The van der Waals surface area contributed by atoms with Gasteiger partial charge in [0.1, 0.15) is 0 Å². The molecule has 230 valence electrons. The van der Waals surface area contributed by atoms with E-state index in [-0.39, 0.29) is 0 Å². The SMILES string of the molecule is CC(C)[PH]1(C)c2cc3ncncc3cc2Nc2cc3cncnc3cc2[PH](C)(C(C)C)c2ccccc2N(C)c2ccccc21. The molecule has 0 saturated carbocycles. The Bertz CT molecular complexity index is 1930. The average molecular weight is 633 g/mol. The van der Waals surface area contributed by atoms with Crippen LogP contribution in [0, 0.1) is 0 Å². The summed E-state index contributed by atoms with van der Waals surface area (Å²) in [6.07, 6.45) is 7.17. The van der Waals surface area contributed by atoms with Gasteiger partial charge in [0, 0.05) is 0 Å². The van der Waals surface area contributed by atoms with Crippen LogP contribution < -0.4 is 31.4 Å². The molecular weight excluding hydrogens is 590 g/mol. The van der Waals surface area contributed by atoms with Crippen molar-refractivity contribution in [2.45, 2.75) is 39.0 Å². The third-order valence-corrected chi connectivity index (χ3v) is 21.4. The molecule has 2 aromatic heterocycles. The van der Waals surface area contributed by atoms with E-state index in [0.717, 1.165) is 33.2 Å². The Labute approximate surface area is 267 Å². The number of rotatable bonds is 2. The van der Waals surface area contributed by atoms with Gasteiger partial charge in [-0.1, -0.05) is 0 Å². The van der Waals surface area contributed by atoms with Crippen LogP contribution in [0.15, 0.2) is 97.8 Å². The van der Waals surface area contributed by atoms with Crippen LogP contribution in [0.4, 0.5) is 22.7 Å². The van der Waals surface area contributed by atoms with Gasteiger partial charge in [0.15, 0.2) is 0 Å². The quantitative estimate of drug-likeness (QED) is 0.210. The van der Waals surface area contributed by atoms with Crippen molar-refractivity contribution in [2.75, 3.05) is 30.6 Å². The average Bonchev–Trinajstić information content (AvgIpc) is 3.06. The second kappa shape index (κ2) is 11.1. The van der Waals surface area contributed by atoms with E-state index in [9.17, 15) is 0 Å². The number of nitrogens with one attached hydrogen (secondary N) is 1. The van der Waals surface area contributed by atoms with E-state index in [1.54, 1.807) is 12.7 Å². The molecular formula is C37H42N6P2. The Balaban J connectivity index is 1.67. The second-order valence-electron chi connectivity index (χ2n) is 13.4. The number of benzene rings is 4. The summed E-state index contributed by atoms with van der Waals surface area (Å²) in [7, 11) is -2.58. The van der Waals surface area contributed by atoms with Gasteiger partial charge < -0.3 is 0 Å². The monoisotopic (exact) mass is 632 g/mol. The summed E-state index contributed by atoms with van der Waals surface area (Å²) in [4.78, 5) is 20.7. The summed E-state index contributed by atoms with van der Waals surface area (Å²) in [6, 6.07) is 27.4. The van der Waals surface area contributed by atoms with Crippen LogP contribution in [0.3, 0.4) is 0 Å². The van der Waals surface area contributed by atoms with Crippen LogP contribution in [0.1, 0.15) is 27.7 Å². The number of anilines is 4. The van der Waals surface area contributed by atoms with E-state index >= 15 is 0 Å². The van der Waals surface area contributed by atoms with E-state index < -0.39 is 14.5 Å². The Morgan fingerprint density at radius 3 is 1.44 bits per heavy atom. The fourth-order valence-electron chi connectivity index (χ4n) is 7.34. The number of hydrogen-bond donors (Lipinski definition) is 1. The van der Waals surface area contributed by atoms with Crippen molar-refractivity contribution in [2.24, 2.45) is 0 Å². The molecule has 0 bridgehead atoms. The predicted octanol–water partition coefficient (Wildman–Crippen LogP) is 6.88. The van der Waals surface area contributed by atoms with Crippen LogP contribution in [0.5, 0.6) is 0 Å². The van der Waals surface area contributed by atoms with Gasteiger partial charge in [-0.3, -0.25) is 0 Å². The van der Waals surface area contributed by atoms with Gasteiger partial charge in [-0.05, 0) is 0 Å². The molecule has 1 aliphatic heterocycles. The van der Waals surface area contributed by atoms with Crippen LogP contribution >= 0.6 is 14.5 Å². The summed E-state index contributed by atoms with van der Waals surface area (Å²) in [5.41, 5.74) is 7.56. The number of para-hydroxylation sites is 2. The summed E-state index contributed by atoms with van der Waals surface area (Å²) in [6.45, 7) is 14.6. The Morgan fingerprint density at radius 2 is 1.02 bits per heavy atom. The first kappa shape index (κ1) is 29.7. The van der Waals surface area contributed by atoms with Gasteiger partial charge in [-0.2, -0.15) is 0 Å². The van der Waals surface area contributed by atoms with Gasteiger partial charge in [0.05, 0.1) is 0 Å². The molecule has 1 N–H and O–H groups in total. The molecule has 0 aliphatic carbocycles. The van der Waals surface area contributed by atoms with Crippen molar-refractivity contribution >= 4 is 80.3 Å². The van der Waals surface area contributed by atoms with Gasteiger partial charge in [-0.25, -0.2) is 0 Å². The first-order valence-electron chi connectivity index (χ1n) is 15.8. The number of nitrogens with zero attached hydrogens (tertiary/aromatic N) is 5. The summed E-state index contributed by atoms with van der Waals surface area (Å²) < 4.78 is 0. The first-order valence-corrected chi connectivity index (χ1v) is 21.0. The minimum atomic E-state index is -2.42. The van der Waals surface area contributed by atoms with E-state index in [4.69, 9.17) is 9.97 Å². The second-order valence-corrected chi connectivity index (χ2v) is 22.7. The summed E-state index contributed by atoms with van der Waals surface area (Å²) >= 11 is 0. The molecule has 45 heavy (non-hydrogen) atoms. The zero-order valence-corrected chi connectivity index (χ0v) is 29.1. The van der Waals surface area contributed by atoms with Crippen LogP contribution in [0.25, 0.3) is 21.8 Å². The Hall–Kier alpha value is -3.98. The molecule has 0 amide bonds. The van der Waals surface area contributed by atoms with Crippen molar-refractivity contribution in [3.05, 3.63) is 97.8 Å². The fourth-order valence-corrected chi connectivity index (χ4v) is 15.1. The van der Waals surface area contributed by atoms with Crippen molar-refractivity contribution in [3.63, 3.8) is 0 Å². The molecule has 1 aliphatic rings. The molecule has 0 radical (unpaired) electrons. The first-order chi connectivity index (χ1) is 21.6. The molecule has 4 aromatic carbocycles. The van der Waals surface area contributed by atoms with Crippen molar-refractivity contribution in [3.8, 4) is 0 Å². The summed E-state index contributed by atoms with van der Waals surface area (Å²) in [5.74, 6) is 0. The van der Waals surface area contributed by atoms with Gasteiger partial charge in [0.2, 0.25) is 0 Å². The zero-order valence-electron chi connectivity index (χ0n) is 27.1. The molecule has 8 heteroatoms. The van der Waals surface area contributed by atoms with Crippen LogP contribution in [-0.4, -0.2) is 51.6 Å². The maximum atomic E-state index is 4.74. The molecule has 0 spiro atoms. The number of aromatic nitrogens is 4. The molecule has 7 rings (SSSR count). The van der Waals surface area contributed by atoms with E-state index in [1.807, 2.05) is 12.4 Å². The third kappa shape index (κ3) is 4.61. The fraction of sp³-hybridized carbons (Fsp3) is 0.243. The maximum absolute atomic E-state index is 4.74. The molecule has 0 atom stereocenters. The topological polar surface area (TPSA) is 66.8 Å². The zero-order chi connectivity index (χ0) is 31.5. The molecule has 0 unspecified atom stereocenters. The predicted molar refractivity (Wildman–Crippen MR) is 201 cm³/mol. The van der Waals surface area contributed by atoms with Crippen LogP contribution in [-0.2, 0) is 0 Å². The van der Waals surface area contributed by atoms with Crippen molar-refractivity contribution < 1.29 is 0 Å². The Kier molecular flexibility index (Phi) is 7.34. The van der Waals surface area contributed by atoms with Gasteiger partial charge in [0.25, 0.3) is 0 Å². The number of fused-ring (bicyclic) bond motifs is 6. The van der Waals surface area contributed by atoms with Crippen molar-refractivity contribution in [1.82, 2.24) is 19.9 Å². The van der Waals surface area contributed by atoms with E-state index in [2.05, 4.69) is 141 Å². The normalized spacial score (nSPS) is 16.9. The minimum absolute atomic E-state index is 0.407. The third-order valence-electron chi connectivity index (χ3n) is 10.6. The summed E-state index contributed by atoms with van der Waals surface area (Å²) in [5, 5.41) is 11.7. The van der Waals surface area contributed by atoms with Crippen LogP contribution in [0.2, 0.25) is 0 Å². The van der Waals surface area contributed by atoms with Crippen molar-refractivity contribution in [1.29, 1.82) is 0 Å². The van der Waals surface area contributed by atoms with Gasteiger partial charge >= 0.3 is 268 Å². The standard InChI is InChI=1S/C37H42N6P2/c1-24(2)44(6)34-14-10-8-12-32(34)43(5)33-13-9-11-15-35(33)45(7,25(3)4)37-19-29-27(21-39-23-41-29)17-31(37)42-30-16-26-20-38-22-40-28(26)18-36(30)44/h8-25,42,44-45H,1-7H3. The van der Waals surface area contributed by atoms with Gasteiger partial charge in [-0.15, -0.1) is 0 Å². The molecule has 6 nitrogen and oxygen atoms in total. The molecule has 0 saturated heterocycles. The molecule has 3 heterocycles. The molecule has 6 aromatic rings. The van der Waals surface area contributed by atoms with E-state index in [0.29, 0.717) is 11.3 Å².